The number of phenols is 2. The third-order valence-corrected chi connectivity index (χ3v) is 6.33. The number of benzene rings is 1. The van der Waals surface area contributed by atoms with E-state index in [0.717, 1.165) is 48.8 Å². The topological polar surface area (TPSA) is 60.7 Å². The molecular weight excluding hydrogens is 288 g/mol. The summed E-state index contributed by atoms with van der Waals surface area (Å²) in [7, 11) is 0. The monoisotopic (exact) mass is 318 g/mol. The highest BCUT2D eigenvalue weighted by Gasteiger charge is 2.49. The van der Waals surface area contributed by atoms with Crippen LogP contribution in [-0.2, 0) is 12.8 Å². The van der Waals surface area contributed by atoms with E-state index >= 15 is 0 Å². The van der Waals surface area contributed by atoms with Crippen molar-refractivity contribution in [3.63, 3.8) is 0 Å². The van der Waals surface area contributed by atoms with E-state index in [2.05, 4.69) is 13.8 Å². The molecule has 3 N–H and O–H groups in total. The van der Waals surface area contributed by atoms with Crippen LogP contribution >= 0.6 is 0 Å². The van der Waals surface area contributed by atoms with Crippen LogP contribution in [0, 0.1) is 11.3 Å². The normalized spacial score (nSPS) is 29.7. The van der Waals surface area contributed by atoms with Gasteiger partial charge in [-0.1, -0.05) is 40.2 Å². The molecule has 1 aromatic rings. The van der Waals surface area contributed by atoms with Crippen molar-refractivity contribution >= 4 is 0 Å². The highest BCUT2D eigenvalue weighted by atomic mass is 16.3. The molecule has 0 heterocycles. The molecule has 2 atom stereocenters. The Kier molecular flexibility index (Phi) is 3.91. The molecule has 2 aliphatic rings. The molecule has 3 nitrogen and oxygen atoms in total. The molecule has 1 saturated carbocycles. The molecule has 3 rings (SSSR count). The number of rotatable bonds is 1. The van der Waals surface area contributed by atoms with Crippen molar-refractivity contribution in [3.05, 3.63) is 22.8 Å². The lowest BCUT2D eigenvalue weighted by Gasteiger charge is -2.49. The Balaban J connectivity index is 2.09. The van der Waals surface area contributed by atoms with Gasteiger partial charge in [-0.05, 0) is 48.5 Å². The van der Waals surface area contributed by atoms with Crippen LogP contribution in [0.1, 0.15) is 76.0 Å². The molecule has 0 bridgehead atoms. The van der Waals surface area contributed by atoms with E-state index in [1.165, 1.54) is 0 Å². The average molecular weight is 318 g/mol. The highest BCUT2D eigenvalue weighted by molar-refractivity contribution is 5.56. The zero-order chi connectivity index (χ0) is 17.0. The summed E-state index contributed by atoms with van der Waals surface area (Å²) >= 11 is 0. The van der Waals surface area contributed by atoms with Gasteiger partial charge in [0.05, 0.1) is 5.60 Å². The van der Waals surface area contributed by atoms with Gasteiger partial charge in [-0.3, -0.25) is 0 Å². The summed E-state index contributed by atoms with van der Waals surface area (Å²) in [6.45, 7) is 8.56. The smallest absolute Gasteiger partial charge is 0.161 e. The van der Waals surface area contributed by atoms with Crippen molar-refractivity contribution in [1.82, 2.24) is 0 Å². The minimum atomic E-state index is -0.768. The number of aliphatic hydroxyl groups is 1. The quantitative estimate of drug-likeness (QED) is 0.678. The first-order valence-electron chi connectivity index (χ1n) is 8.94. The zero-order valence-corrected chi connectivity index (χ0v) is 14.8. The standard InChI is InChI=1S/C20H30O3/c1-12(2)14-10-13-6-7-16-19(3,4)8-5-9-20(16,23)11-15(13)18(22)17(14)21/h10,12,16,21-23H,5-9,11H2,1-4H3. The Morgan fingerprint density at radius 3 is 2.48 bits per heavy atom. The first kappa shape index (κ1) is 16.6. The van der Waals surface area contributed by atoms with Crippen LogP contribution in [0.3, 0.4) is 0 Å². The maximum atomic E-state index is 11.4. The predicted molar refractivity (Wildman–Crippen MR) is 92.0 cm³/mol. The van der Waals surface area contributed by atoms with Crippen LogP contribution in [0.15, 0.2) is 6.07 Å². The van der Waals surface area contributed by atoms with Crippen LogP contribution in [-0.4, -0.2) is 20.9 Å². The second-order valence-electron chi connectivity index (χ2n) is 8.67. The summed E-state index contributed by atoms with van der Waals surface area (Å²) in [5, 5.41) is 32.3. The van der Waals surface area contributed by atoms with Crippen molar-refractivity contribution < 1.29 is 15.3 Å². The molecule has 0 amide bonds. The molecule has 1 fully saturated rings. The molecule has 128 valence electrons. The molecule has 2 unspecified atom stereocenters. The second kappa shape index (κ2) is 5.41. The fourth-order valence-corrected chi connectivity index (χ4v) is 5.04. The Bertz CT molecular complexity index is 618. The highest BCUT2D eigenvalue weighted by Crippen LogP contribution is 2.53. The van der Waals surface area contributed by atoms with Crippen LogP contribution in [0.4, 0.5) is 0 Å². The van der Waals surface area contributed by atoms with Crippen molar-refractivity contribution in [2.75, 3.05) is 0 Å². The number of aromatic hydroxyl groups is 2. The van der Waals surface area contributed by atoms with Gasteiger partial charge in [-0.15, -0.1) is 0 Å². The predicted octanol–water partition coefficient (Wildman–Crippen LogP) is 4.27. The van der Waals surface area contributed by atoms with E-state index in [1.54, 1.807) is 0 Å². The first-order valence-corrected chi connectivity index (χ1v) is 8.94. The zero-order valence-electron chi connectivity index (χ0n) is 14.8. The molecule has 23 heavy (non-hydrogen) atoms. The minimum Gasteiger partial charge on any atom is -0.504 e. The van der Waals surface area contributed by atoms with E-state index < -0.39 is 5.60 Å². The van der Waals surface area contributed by atoms with Crippen LogP contribution < -0.4 is 0 Å². The summed E-state index contributed by atoms with van der Waals surface area (Å²) in [4.78, 5) is 0. The first-order chi connectivity index (χ1) is 10.7. The molecule has 2 aliphatic carbocycles. The maximum absolute atomic E-state index is 11.4. The van der Waals surface area contributed by atoms with Crippen LogP contribution in [0.25, 0.3) is 0 Å². The third kappa shape index (κ3) is 2.63. The lowest BCUT2D eigenvalue weighted by molar-refractivity contribution is -0.102. The number of fused-ring (bicyclic) bond motifs is 2. The Labute approximate surface area is 139 Å². The van der Waals surface area contributed by atoms with E-state index in [9.17, 15) is 15.3 Å². The molecule has 0 saturated heterocycles. The average Bonchev–Trinajstić information content (AvgIpc) is 2.59. The van der Waals surface area contributed by atoms with E-state index in [1.807, 2.05) is 19.9 Å². The van der Waals surface area contributed by atoms with Crippen molar-refractivity contribution in [2.45, 2.75) is 77.7 Å². The van der Waals surface area contributed by atoms with E-state index in [4.69, 9.17) is 0 Å². The van der Waals surface area contributed by atoms with Gasteiger partial charge in [-0.2, -0.15) is 0 Å². The fourth-order valence-electron chi connectivity index (χ4n) is 5.04. The van der Waals surface area contributed by atoms with Gasteiger partial charge >= 0.3 is 0 Å². The van der Waals surface area contributed by atoms with E-state index in [0.29, 0.717) is 6.42 Å². The second-order valence-corrected chi connectivity index (χ2v) is 8.67. The molecule has 0 spiro atoms. The summed E-state index contributed by atoms with van der Waals surface area (Å²) in [5.41, 5.74) is 2.01. The number of aryl methyl sites for hydroxylation is 1. The Morgan fingerprint density at radius 1 is 1.13 bits per heavy atom. The largest absolute Gasteiger partial charge is 0.504 e. The molecule has 1 aromatic carbocycles. The Hall–Kier alpha value is -1.22. The van der Waals surface area contributed by atoms with Crippen molar-refractivity contribution in [2.24, 2.45) is 11.3 Å². The van der Waals surface area contributed by atoms with Crippen molar-refractivity contribution in [1.29, 1.82) is 0 Å². The van der Waals surface area contributed by atoms with Gasteiger partial charge in [0.25, 0.3) is 0 Å². The number of hydrogen-bond donors (Lipinski definition) is 3. The number of phenolic OH excluding ortho intramolecular Hbond substituents is 2. The third-order valence-electron chi connectivity index (χ3n) is 6.33. The summed E-state index contributed by atoms with van der Waals surface area (Å²) in [6.07, 6.45) is 5.20. The van der Waals surface area contributed by atoms with Gasteiger partial charge in [-0.25, -0.2) is 0 Å². The SMILES string of the molecule is CC(C)c1cc2c(c(O)c1O)CC1(O)CCCC(C)(C)C1CC2. The van der Waals surface area contributed by atoms with Crippen molar-refractivity contribution in [3.8, 4) is 11.5 Å². The summed E-state index contributed by atoms with van der Waals surface area (Å²) in [5.74, 6) is 0.385. The van der Waals surface area contributed by atoms with E-state index in [-0.39, 0.29) is 28.7 Å². The summed E-state index contributed by atoms with van der Waals surface area (Å²) < 4.78 is 0. The minimum absolute atomic E-state index is 0.00382. The lowest BCUT2D eigenvalue weighted by Crippen LogP contribution is -2.50. The van der Waals surface area contributed by atoms with Gasteiger partial charge < -0.3 is 15.3 Å². The molecular formula is C20H30O3. The van der Waals surface area contributed by atoms with Crippen LogP contribution in [0.2, 0.25) is 0 Å². The van der Waals surface area contributed by atoms with Crippen LogP contribution in [0.5, 0.6) is 11.5 Å². The van der Waals surface area contributed by atoms with Gasteiger partial charge in [0.1, 0.15) is 0 Å². The number of hydrogen-bond acceptors (Lipinski definition) is 3. The Morgan fingerprint density at radius 2 is 1.83 bits per heavy atom. The molecule has 0 aromatic heterocycles. The maximum Gasteiger partial charge on any atom is 0.161 e. The van der Waals surface area contributed by atoms with Gasteiger partial charge in [0.15, 0.2) is 11.5 Å². The van der Waals surface area contributed by atoms with Gasteiger partial charge in [0.2, 0.25) is 0 Å². The summed E-state index contributed by atoms with van der Waals surface area (Å²) in [6, 6.07) is 2.04. The molecule has 0 aliphatic heterocycles. The fraction of sp³-hybridized carbons (Fsp3) is 0.700. The molecule has 0 radical (unpaired) electrons. The molecule has 3 heteroatoms. The van der Waals surface area contributed by atoms with Gasteiger partial charge in [0, 0.05) is 17.5 Å². The lowest BCUT2D eigenvalue weighted by atomic mass is 9.59.